The third-order valence-electron chi connectivity index (χ3n) is 4.64. The van der Waals surface area contributed by atoms with Crippen molar-refractivity contribution in [3.8, 4) is 5.75 Å². The first-order chi connectivity index (χ1) is 15.2. The Hall–Kier alpha value is -3.22. The fourth-order valence-electron chi connectivity index (χ4n) is 2.95. The molecule has 0 bridgehead atoms. The molecule has 0 spiro atoms. The van der Waals surface area contributed by atoms with Crippen LogP contribution in [0.5, 0.6) is 5.75 Å². The van der Waals surface area contributed by atoms with Gasteiger partial charge in [0.1, 0.15) is 21.7 Å². The third-order valence-corrected chi connectivity index (χ3v) is 7.96. The maximum Gasteiger partial charge on any atom is 0.264 e. The van der Waals surface area contributed by atoms with Crippen LogP contribution in [0.3, 0.4) is 0 Å². The van der Waals surface area contributed by atoms with Gasteiger partial charge in [-0.1, -0.05) is 12.1 Å². The molecule has 4 rings (SSSR count). The van der Waals surface area contributed by atoms with Crippen molar-refractivity contribution < 1.29 is 21.6 Å². The number of nitrogens with zero attached hydrogens (tertiary/aromatic N) is 2. The van der Waals surface area contributed by atoms with Crippen molar-refractivity contribution in [2.24, 2.45) is 0 Å². The standard InChI is InChI=1S/C20H18N4O5S3/c1-13-6-11-16(31(25,26)23-14-7-9-15(29-2)10-8-14)12-18(13)24-32(27,28)19-5-3-4-17-20(19)22-30-21-17/h3-12,23-24H,1-2H3. The number of rotatable bonds is 7. The average molecular weight is 491 g/mol. The van der Waals surface area contributed by atoms with Gasteiger partial charge in [0, 0.05) is 5.69 Å². The van der Waals surface area contributed by atoms with Gasteiger partial charge in [0.15, 0.2) is 0 Å². The fraction of sp³-hybridized carbons (Fsp3) is 0.100. The molecule has 0 radical (unpaired) electrons. The lowest BCUT2D eigenvalue weighted by molar-refractivity contribution is 0.415. The van der Waals surface area contributed by atoms with E-state index >= 15 is 0 Å². The van der Waals surface area contributed by atoms with Gasteiger partial charge in [-0.05, 0) is 61.0 Å². The molecule has 166 valence electrons. The summed E-state index contributed by atoms with van der Waals surface area (Å²) in [7, 11) is -6.49. The van der Waals surface area contributed by atoms with E-state index in [1.165, 1.54) is 31.4 Å². The summed E-state index contributed by atoms with van der Waals surface area (Å²) in [5, 5.41) is 0. The maximum absolute atomic E-state index is 13.0. The van der Waals surface area contributed by atoms with Crippen LogP contribution in [0.25, 0.3) is 11.0 Å². The summed E-state index contributed by atoms with van der Waals surface area (Å²) in [6.45, 7) is 1.68. The third kappa shape index (κ3) is 4.38. The predicted octanol–water partition coefficient (Wildman–Crippen LogP) is 3.61. The molecule has 32 heavy (non-hydrogen) atoms. The van der Waals surface area contributed by atoms with Crippen LogP contribution < -0.4 is 14.2 Å². The van der Waals surface area contributed by atoms with Crippen molar-refractivity contribution in [1.82, 2.24) is 8.75 Å². The summed E-state index contributed by atoms with van der Waals surface area (Å²) in [6, 6.07) is 15.3. The van der Waals surface area contributed by atoms with E-state index in [0.717, 1.165) is 11.7 Å². The number of fused-ring (bicyclic) bond motifs is 1. The van der Waals surface area contributed by atoms with Gasteiger partial charge < -0.3 is 4.74 Å². The Labute approximate surface area is 189 Å². The van der Waals surface area contributed by atoms with Crippen LogP contribution in [0.15, 0.2) is 70.5 Å². The Morgan fingerprint density at radius 2 is 1.62 bits per heavy atom. The van der Waals surface area contributed by atoms with E-state index in [-0.39, 0.29) is 21.0 Å². The van der Waals surface area contributed by atoms with Crippen LogP contribution >= 0.6 is 11.7 Å². The van der Waals surface area contributed by atoms with Gasteiger partial charge in [-0.15, -0.1) is 0 Å². The molecule has 0 aliphatic carbocycles. The molecule has 0 saturated carbocycles. The minimum absolute atomic E-state index is 0.0345. The van der Waals surface area contributed by atoms with Crippen LogP contribution in [0.4, 0.5) is 11.4 Å². The highest BCUT2D eigenvalue weighted by Crippen LogP contribution is 2.27. The van der Waals surface area contributed by atoms with Gasteiger partial charge in [0.25, 0.3) is 20.0 Å². The van der Waals surface area contributed by atoms with Gasteiger partial charge in [-0.3, -0.25) is 9.44 Å². The van der Waals surface area contributed by atoms with Crippen LogP contribution in [-0.2, 0) is 20.0 Å². The summed E-state index contributed by atoms with van der Waals surface area (Å²) >= 11 is 0.914. The highest BCUT2D eigenvalue weighted by atomic mass is 32.2. The van der Waals surface area contributed by atoms with Crippen LogP contribution in [0, 0.1) is 6.92 Å². The Morgan fingerprint density at radius 1 is 0.875 bits per heavy atom. The zero-order chi connectivity index (χ0) is 22.9. The number of hydrogen-bond acceptors (Lipinski definition) is 8. The van der Waals surface area contributed by atoms with Gasteiger partial charge in [0.05, 0.1) is 29.4 Å². The second-order valence-corrected chi connectivity index (χ2v) is 10.7. The van der Waals surface area contributed by atoms with Crippen LogP contribution in [-0.4, -0.2) is 32.7 Å². The van der Waals surface area contributed by atoms with Crippen molar-refractivity contribution in [1.29, 1.82) is 0 Å². The zero-order valence-electron chi connectivity index (χ0n) is 16.9. The molecular formula is C20H18N4O5S3. The summed E-state index contributed by atoms with van der Waals surface area (Å²) in [5.41, 5.74) is 1.77. The van der Waals surface area contributed by atoms with Gasteiger partial charge in [-0.25, -0.2) is 16.8 Å². The van der Waals surface area contributed by atoms with E-state index in [9.17, 15) is 16.8 Å². The van der Waals surface area contributed by atoms with Crippen LogP contribution in [0.1, 0.15) is 5.56 Å². The summed E-state index contributed by atoms with van der Waals surface area (Å²) in [4.78, 5) is -0.127. The number of benzene rings is 3. The molecule has 0 fully saturated rings. The summed E-state index contributed by atoms with van der Waals surface area (Å²) < 4.78 is 69.9. The molecule has 9 nitrogen and oxygen atoms in total. The molecule has 0 saturated heterocycles. The molecule has 0 unspecified atom stereocenters. The monoisotopic (exact) mass is 490 g/mol. The van der Waals surface area contributed by atoms with Gasteiger partial charge in [0.2, 0.25) is 0 Å². The molecule has 3 aromatic carbocycles. The Balaban J connectivity index is 1.65. The lowest BCUT2D eigenvalue weighted by Gasteiger charge is -2.14. The van der Waals surface area contributed by atoms with E-state index in [0.29, 0.717) is 22.5 Å². The van der Waals surface area contributed by atoms with Crippen molar-refractivity contribution in [3.05, 3.63) is 66.2 Å². The number of sulfonamides is 2. The maximum atomic E-state index is 13.0. The smallest absolute Gasteiger partial charge is 0.264 e. The first-order valence-corrected chi connectivity index (χ1v) is 12.9. The number of hydrogen-bond donors (Lipinski definition) is 2. The summed E-state index contributed by atoms with van der Waals surface area (Å²) in [6.07, 6.45) is 0. The van der Waals surface area contributed by atoms with E-state index in [1.807, 2.05) is 0 Å². The topological polar surface area (TPSA) is 127 Å². The SMILES string of the molecule is COc1ccc(NS(=O)(=O)c2ccc(C)c(NS(=O)(=O)c3cccc4nsnc34)c2)cc1. The number of anilines is 2. The normalized spacial score (nSPS) is 11.9. The number of aryl methyl sites for hydroxylation is 1. The quantitative estimate of drug-likeness (QED) is 0.405. The van der Waals surface area contributed by atoms with Crippen molar-refractivity contribution in [2.75, 3.05) is 16.6 Å². The van der Waals surface area contributed by atoms with Crippen molar-refractivity contribution in [2.45, 2.75) is 16.7 Å². The van der Waals surface area contributed by atoms with Gasteiger partial charge >= 0.3 is 0 Å². The highest BCUT2D eigenvalue weighted by molar-refractivity contribution is 7.93. The number of aromatic nitrogens is 2. The lowest BCUT2D eigenvalue weighted by Crippen LogP contribution is -2.16. The molecule has 1 aromatic heterocycles. The molecule has 12 heteroatoms. The minimum Gasteiger partial charge on any atom is -0.497 e. The largest absolute Gasteiger partial charge is 0.497 e. The lowest BCUT2D eigenvalue weighted by atomic mass is 10.2. The molecule has 0 aliphatic rings. The zero-order valence-corrected chi connectivity index (χ0v) is 19.4. The van der Waals surface area contributed by atoms with E-state index < -0.39 is 20.0 Å². The number of methoxy groups -OCH3 is 1. The van der Waals surface area contributed by atoms with Crippen molar-refractivity contribution >= 4 is 54.2 Å². The molecule has 0 atom stereocenters. The second kappa shape index (κ2) is 8.37. The van der Waals surface area contributed by atoms with Gasteiger partial charge in [-0.2, -0.15) is 8.75 Å². The average Bonchev–Trinajstić information content (AvgIpc) is 3.24. The number of ether oxygens (including phenoxy) is 1. The first-order valence-electron chi connectivity index (χ1n) is 9.21. The highest BCUT2D eigenvalue weighted by Gasteiger charge is 2.22. The summed E-state index contributed by atoms with van der Waals surface area (Å²) in [5.74, 6) is 0.588. The van der Waals surface area contributed by atoms with E-state index in [4.69, 9.17) is 4.74 Å². The molecule has 0 aliphatic heterocycles. The van der Waals surface area contributed by atoms with E-state index in [2.05, 4.69) is 18.2 Å². The fourth-order valence-corrected chi connectivity index (χ4v) is 5.92. The molecule has 0 amide bonds. The Kier molecular flexibility index (Phi) is 5.75. The Bertz CT molecular complexity index is 1500. The molecule has 4 aromatic rings. The van der Waals surface area contributed by atoms with Crippen molar-refractivity contribution in [3.63, 3.8) is 0 Å². The minimum atomic E-state index is -4.04. The van der Waals surface area contributed by atoms with Crippen LogP contribution in [0.2, 0.25) is 0 Å². The Morgan fingerprint density at radius 3 is 2.34 bits per heavy atom. The molecule has 1 heterocycles. The van der Waals surface area contributed by atoms with E-state index in [1.54, 1.807) is 43.3 Å². The second-order valence-electron chi connectivity index (χ2n) is 6.80. The number of nitrogens with one attached hydrogen (secondary N) is 2. The predicted molar refractivity (Wildman–Crippen MR) is 123 cm³/mol. The first kappa shape index (κ1) is 22.0. The molecule has 2 N–H and O–H groups in total. The molecular weight excluding hydrogens is 472 g/mol.